The minimum absolute atomic E-state index is 0.00559. The first-order valence-corrected chi connectivity index (χ1v) is 12.3. The number of carbonyl (C=O) groups is 4. The summed E-state index contributed by atoms with van der Waals surface area (Å²) < 4.78 is 0. The van der Waals surface area contributed by atoms with E-state index in [4.69, 9.17) is 11.5 Å². The number of amides is 2. The molecule has 10 nitrogen and oxygen atoms in total. The molecule has 174 valence electrons. The number of nitrogens with one attached hydrogen (secondary N) is 2. The van der Waals surface area contributed by atoms with Crippen LogP contribution in [0.25, 0.3) is 0 Å². The van der Waals surface area contributed by atoms with Gasteiger partial charge in [-0.3, -0.25) is 9.59 Å². The molecule has 0 heterocycles. The maximum absolute atomic E-state index is 12.1. The van der Waals surface area contributed by atoms with Gasteiger partial charge in [-0.05, 0) is 11.8 Å². The van der Waals surface area contributed by atoms with Gasteiger partial charge in [0.2, 0.25) is 11.8 Å². The highest BCUT2D eigenvalue weighted by atomic mass is 33.1. The molecule has 8 N–H and O–H groups in total. The van der Waals surface area contributed by atoms with Crippen molar-refractivity contribution in [1.82, 2.24) is 10.6 Å². The second kappa shape index (κ2) is 14.5. The van der Waals surface area contributed by atoms with Crippen LogP contribution in [0.3, 0.4) is 0 Å². The van der Waals surface area contributed by atoms with Crippen molar-refractivity contribution in [1.29, 1.82) is 0 Å². The summed E-state index contributed by atoms with van der Waals surface area (Å²) >= 11 is 0. The van der Waals surface area contributed by atoms with Crippen LogP contribution in [0.1, 0.15) is 40.5 Å². The molecule has 0 aromatic rings. The van der Waals surface area contributed by atoms with E-state index in [1.807, 2.05) is 13.8 Å². The van der Waals surface area contributed by atoms with Crippen molar-refractivity contribution in [2.24, 2.45) is 23.3 Å². The summed E-state index contributed by atoms with van der Waals surface area (Å²) in [7, 11) is 2.17. The topological polar surface area (TPSA) is 185 Å². The van der Waals surface area contributed by atoms with E-state index in [9.17, 15) is 29.4 Å². The summed E-state index contributed by atoms with van der Waals surface area (Å²) in [5.41, 5.74) is 11.6. The largest absolute Gasteiger partial charge is 0.480 e. The molecular weight excluding hydrogens is 432 g/mol. The van der Waals surface area contributed by atoms with E-state index in [0.717, 1.165) is 21.6 Å². The summed E-state index contributed by atoms with van der Waals surface area (Å²) in [6.07, 6.45) is 1.36. The third-order valence-electron chi connectivity index (χ3n) is 4.90. The van der Waals surface area contributed by atoms with Crippen molar-refractivity contribution in [2.45, 2.75) is 64.7 Å². The number of carboxylic acid groups (broad SMARTS) is 2. The van der Waals surface area contributed by atoms with Gasteiger partial charge < -0.3 is 32.3 Å². The van der Waals surface area contributed by atoms with E-state index in [2.05, 4.69) is 10.6 Å². The Balaban J connectivity index is 4.65. The van der Waals surface area contributed by atoms with Crippen molar-refractivity contribution in [3.8, 4) is 0 Å². The summed E-state index contributed by atoms with van der Waals surface area (Å²) in [5, 5.41) is 23.4. The van der Waals surface area contributed by atoms with Gasteiger partial charge in [-0.2, -0.15) is 0 Å². The first-order chi connectivity index (χ1) is 14.0. The Kier molecular flexibility index (Phi) is 13.8. The van der Waals surface area contributed by atoms with Crippen LogP contribution in [0.5, 0.6) is 0 Å². The predicted molar refractivity (Wildman–Crippen MR) is 119 cm³/mol. The molecule has 12 heteroatoms. The first kappa shape index (κ1) is 28.5. The number of carboxylic acids is 2. The second-order valence-corrected chi connectivity index (χ2v) is 9.74. The van der Waals surface area contributed by atoms with Gasteiger partial charge in [0.15, 0.2) is 0 Å². The van der Waals surface area contributed by atoms with Crippen LogP contribution in [-0.2, 0) is 19.2 Å². The Morgan fingerprint density at radius 3 is 1.30 bits per heavy atom. The SMILES string of the molecule is CCC(C)[C@H](N)C(=O)N[C@@H](CSSC[C@H](NC(=O)[C@@H](N)C(C)CC)C(=O)O)C(=O)O. The molecule has 0 aromatic carbocycles. The summed E-state index contributed by atoms with van der Waals surface area (Å²) in [6.45, 7) is 7.37. The summed E-state index contributed by atoms with van der Waals surface area (Å²) in [5.74, 6) is -3.69. The molecule has 0 aliphatic carbocycles. The first-order valence-electron chi connectivity index (χ1n) is 9.78. The van der Waals surface area contributed by atoms with Crippen molar-refractivity contribution >= 4 is 45.3 Å². The zero-order valence-electron chi connectivity index (χ0n) is 17.8. The number of aliphatic carboxylic acids is 2. The van der Waals surface area contributed by atoms with Crippen LogP contribution in [0.2, 0.25) is 0 Å². The lowest BCUT2D eigenvalue weighted by Crippen LogP contribution is -2.51. The molecule has 0 saturated carbocycles. The molecule has 0 aliphatic heterocycles. The molecule has 30 heavy (non-hydrogen) atoms. The van der Waals surface area contributed by atoms with E-state index in [0.29, 0.717) is 12.8 Å². The van der Waals surface area contributed by atoms with E-state index < -0.39 is 47.9 Å². The lowest BCUT2D eigenvalue weighted by atomic mass is 9.99. The molecule has 0 rings (SSSR count). The third kappa shape index (κ3) is 10.0. The van der Waals surface area contributed by atoms with Crippen molar-refractivity contribution in [3.05, 3.63) is 0 Å². The molecule has 0 fully saturated rings. The minimum Gasteiger partial charge on any atom is -0.480 e. The van der Waals surface area contributed by atoms with Crippen LogP contribution in [0, 0.1) is 11.8 Å². The van der Waals surface area contributed by atoms with E-state index in [1.54, 1.807) is 13.8 Å². The Morgan fingerprint density at radius 2 is 1.07 bits per heavy atom. The van der Waals surface area contributed by atoms with Crippen LogP contribution >= 0.6 is 21.6 Å². The lowest BCUT2D eigenvalue weighted by Gasteiger charge is -2.22. The van der Waals surface area contributed by atoms with Gasteiger partial charge in [-0.25, -0.2) is 9.59 Å². The summed E-state index contributed by atoms with van der Waals surface area (Å²) in [4.78, 5) is 47.0. The highest BCUT2D eigenvalue weighted by Crippen LogP contribution is 2.23. The molecule has 6 atom stereocenters. The van der Waals surface area contributed by atoms with Gasteiger partial charge in [-0.1, -0.05) is 62.1 Å². The quantitative estimate of drug-likeness (QED) is 0.144. The van der Waals surface area contributed by atoms with Crippen molar-refractivity contribution < 1.29 is 29.4 Å². The highest BCUT2D eigenvalue weighted by molar-refractivity contribution is 8.76. The van der Waals surface area contributed by atoms with Crippen molar-refractivity contribution in [2.75, 3.05) is 11.5 Å². The number of carbonyl (C=O) groups excluding carboxylic acids is 2. The van der Waals surface area contributed by atoms with E-state index in [1.165, 1.54) is 0 Å². The Labute approximate surface area is 185 Å². The standard InChI is InChI=1S/C18H34N4O6S2/c1-5-9(3)13(19)15(23)21-11(17(25)26)7-29-30-8-12(18(27)28)22-16(24)14(20)10(4)6-2/h9-14H,5-8,19-20H2,1-4H3,(H,21,23)(H,22,24)(H,25,26)(H,27,28)/t9?,10?,11-,12-,13-,14-/m0/s1. The molecule has 0 spiro atoms. The molecule has 0 radical (unpaired) electrons. The Hall–Kier alpha value is -1.50. The molecule has 0 aromatic heterocycles. The number of nitrogens with two attached hydrogens (primary N) is 2. The van der Waals surface area contributed by atoms with Gasteiger partial charge >= 0.3 is 11.9 Å². The van der Waals surface area contributed by atoms with Gasteiger partial charge in [0.1, 0.15) is 12.1 Å². The number of hydrogen-bond acceptors (Lipinski definition) is 8. The maximum atomic E-state index is 12.1. The maximum Gasteiger partial charge on any atom is 0.327 e. The Morgan fingerprint density at radius 1 is 0.767 bits per heavy atom. The van der Waals surface area contributed by atoms with Gasteiger partial charge in [0.25, 0.3) is 0 Å². The smallest absolute Gasteiger partial charge is 0.327 e. The molecule has 2 unspecified atom stereocenters. The predicted octanol–water partition coefficient (Wildman–Crippen LogP) is 0.253. The molecular formula is C18H34N4O6S2. The minimum atomic E-state index is -1.21. The molecule has 0 aliphatic rings. The average Bonchev–Trinajstić information content (AvgIpc) is 2.71. The van der Waals surface area contributed by atoms with Gasteiger partial charge in [0, 0.05) is 11.5 Å². The zero-order valence-corrected chi connectivity index (χ0v) is 19.4. The van der Waals surface area contributed by atoms with Gasteiger partial charge in [-0.15, -0.1) is 0 Å². The summed E-state index contributed by atoms with van der Waals surface area (Å²) in [6, 6.07) is -3.95. The molecule has 0 saturated heterocycles. The fourth-order valence-electron chi connectivity index (χ4n) is 2.14. The average molecular weight is 467 g/mol. The normalized spacial score (nSPS) is 17.1. The highest BCUT2D eigenvalue weighted by Gasteiger charge is 2.28. The van der Waals surface area contributed by atoms with Crippen molar-refractivity contribution in [3.63, 3.8) is 0 Å². The van der Waals surface area contributed by atoms with Gasteiger partial charge in [0.05, 0.1) is 12.1 Å². The van der Waals surface area contributed by atoms with Crippen LogP contribution < -0.4 is 22.1 Å². The lowest BCUT2D eigenvalue weighted by molar-refractivity contribution is -0.141. The number of hydrogen-bond donors (Lipinski definition) is 6. The fourth-order valence-corrected chi connectivity index (χ4v) is 4.45. The van der Waals surface area contributed by atoms with Crippen LogP contribution in [0.4, 0.5) is 0 Å². The fraction of sp³-hybridized carbons (Fsp3) is 0.778. The monoisotopic (exact) mass is 466 g/mol. The third-order valence-corrected chi connectivity index (χ3v) is 7.32. The second-order valence-electron chi connectivity index (χ2n) is 7.19. The van der Waals surface area contributed by atoms with Crippen LogP contribution in [0.15, 0.2) is 0 Å². The Bertz CT molecular complexity index is 545. The van der Waals surface area contributed by atoms with Crippen LogP contribution in [-0.4, -0.2) is 69.6 Å². The zero-order chi connectivity index (χ0) is 23.4. The number of rotatable bonds is 15. The molecule has 0 bridgehead atoms. The molecule has 2 amide bonds. The van der Waals surface area contributed by atoms with E-state index in [-0.39, 0.29) is 23.3 Å². The van der Waals surface area contributed by atoms with E-state index >= 15 is 0 Å².